The maximum absolute atomic E-state index is 9.52. The highest BCUT2D eigenvalue weighted by molar-refractivity contribution is 5.43. The molecule has 0 bridgehead atoms. The zero-order valence-corrected chi connectivity index (χ0v) is 9.79. The molecule has 0 atom stereocenters. The molecule has 0 aliphatic heterocycles. The van der Waals surface area contributed by atoms with Crippen molar-refractivity contribution in [1.29, 1.82) is 5.26 Å². The lowest BCUT2D eigenvalue weighted by Crippen LogP contribution is -2.52. The van der Waals surface area contributed by atoms with E-state index in [9.17, 15) is 5.26 Å². The first-order valence-electron chi connectivity index (χ1n) is 6.17. The van der Waals surface area contributed by atoms with Crippen LogP contribution in [0.5, 0.6) is 0 Å². The molecule has 1 spiro atoms. The molecular formula is C15H17N. The Labute approximate surface area is 97.1 Å². The van der Waals surface area contributed by atoms with Crippen LogP contribution in [0.1, 0.15) is 43.2 Å². The molecule has 0 radical (unpaired) electrons. The van der Waals surface area contributed by atoms with Gasteiger partial charge >= 0.3 is 0 Å². The molecular weight excluding hydrogens is 194 g/mol. The fourth-order valence-corrected chi connectivity index (χ4v) is 3.70. The average Bonchev–Trinajstić information content (AvgIpc) is 2.17. The second kappa shape index (κ2) is 3.10. The van der Waals surface area contributed by atoms with Crippen molar-refractivity contribution in [3.05, 3.63) is 35.4 Å². The van der Waals surface area contributed by atoms with E-state index in [2.05, 4.69) is 37.3 Å². The number of hydrogen-bond acceptors (Lipinski definition) is 1. The largest absolute Gasteiger partial charge is 0.197 e. The first-order chi connectivity index (χ1) is 7.70. The van der Waals surface area contributed by atoms with Crippen molar-refractivity contribution in [2.24, 2.45) is 5.41 Å². The second-order valence-electron chi connectivity index (χ2n) is 5.72. The third kappa shape index (κ3) is 1.16. The Kier molecular flexibility index (Phi) is 1.92. The topological polar surface area (TPSA) is 23.8 Å². The van der Waals surface area contributed by atoms with Gasteiger partial charge < -0.3 is 0 Å². The van der Waals surface area contributed by atoms with E-state index in [4.69, 9.17) is 0 Å². The van der Waals surface area contributed by atoms with Gasteiger partial charge in [-0.3, -0.25) is 0 Å². The van der Waals surface area contributed by atoms with Crippen molar-refractivity contribution in [1.82, 2.24) is 0 Å². The molecule has 0 N–H and O–H groups in total. The zero-order valence-electron chi connectivity index (χ0n) is 9.79. The molecule has 0 heterocycles. The van der Waals surface area contributed by atoms with Crippen LogP contribution in [0.25, 0.3) is 0 Å². The minimum atomic E-state index is -0.161. The Morgan fingerprint density at radius 3 is 2.38 bits per heavy atom. The van der Waals surface area contributed by atoms with Crippen molar-refractivity contribution in [3.8, 4) is 6.07 Å². The van der Waals surface area contributed by atoms with Gasteiger partial charge in [-0.25, -0.2) is 0 Å². The minimum Gasteiger partial charge on any atom is -0.197 e. The SMILES string of the molecule is Cc1ccccc1C1(C#N)CC2(CCC2)C1. The summed E-state index contributed by atoms with van der Waals surface area (Å²) in [7, 11) is 0. The molecule has 0 saturated heterocycles. The Balaban J connectivity index is 1.94. The molecule has 1 aromatic carbocycles. The van der Waals surface area contributed by atoms with Crippen molar-refractivity contribution in [2.45, 2.75) is 44.4 Å². The Bertz CT molecular complexity index is 455. The van der Waals surface area contributed by atoms with Crippen LogP contribution < -0.4 is 0 Å². The van der Waals surface area contributed by atoms with Crippen molar-refractivity contribution < 1.29 is 0 Å². The molecule has 0 aromatic heterocycles. The van der Waals surface area contributed by atoms with Gasteiger partial charge in [-0.1, -0.05) is 30.7 Å². The predicted octanol–water partition coefficient (Wildman–Crippen LogP) is 3.72. The maximum atomic E-state index is 9.52. The van der Waals surface area contributed by atoms with Gasteiger partial charge in [-0.05, 0) is 49.1 Å². The second-order valence-corrected chi connectivity index (χ2v) is 5.72. The summed E-state index contributed by atoms with van der Waals surface area (Å²) >= 11 is 0. The average molecular weight is 211 g/mol. The molecule has 0 amide bonds. The van der Waals surface area contributed by atoms with Crippen LogP contribution >= 0.6 is 0 Å². The Hall–Kier alpha value is -1.29. The predicted molar refractivity (Wildman–Crippen MR) is 64.0 cm³/mol. The van der Waals surface area contributed by atoms with Gasteiger partial charge in [0.15, 0.2) is 0 Å². The highest BCUT2D eigenvalue weighted by Gasteiger charge is 2.58. The van der Waals surface area contributed by atoms with Crippen LogP contribution in [0.2, 0.25) is 0 Å². The molecule has 1 nitrogen and oxygen atoms in total. The van der Waals surface area contributed by atoms with Crippen LogP contribution in [0.15, 0.2) is 24.3 Å². The van der Waals surface area contributed by atoms with Crippen LogP contribution in [-0.2, 0) is 5.41 Å². The van der Waals surface area contributed by atoms with Crippen LogP contribution in [0.4, 0.5) is 0 Å². The fourth-order valence-electron chi connectivity index (χ4n) is 3.70. The molecule has 82 valence electrons. The molecule has 3 rings (SSSR count). The summed E-state index contributed by atoms with van der Waals surface area (Å²) in [6.07, 6.45) is 6.27. The van der Waals surface area contributed by atoms with E-state index in [0.29, 0.717) is 5.41 Å². The summed E-state index contributed by atoms with van der Waals surface area (Å²) in [5, 5.41) is 9.52. The molecule has 2 saturated carbocycles. The summed E-state index contributed by atoms with van der Waals surface area (Å²) < 4.78 is 0. The van der Waals surface area contributed by atoms with Gasteiger partial charge in [-0.15, -0.1) is 0 Å². The van der Waals surface area contributed by atoms with Gasteiger partial charge in [0.25, 0.3) is 0 Å². The fraction of sp³-hybridized carbons (Fsp3) is 0.533. The van der Waals surface area contributed by atoms with Crippen LogP contribution in [-0.4, -0.2) is 0 Å². The lowest BCUT2D eigenvalue weighted by atomic mass is 9.44. The van der Waals surface area contributed by atoms with E-state index < -0.39 is 0 Å². The van der Waals surface area contributed by atoms with Gasteiger partial charge in [-0.2, -0.15) is 5.26 Å². The number of nitriles is 1. The lowest BCUT2D eigenvalue weighted by Gasteiger charge is -2.58. The van der Waals surface area contributed by atoms with E-state index in [-0.39, 0.29) is 5.41 Å². The number of rotatable bonds is 1. The lowest BCUT2D eigenvalue weighted by molar-refractivity contribution is -0.0229. The van der Waals surface area contributed by atoms with Crippen molar-refractivity contribution in [2.75, 3.05) is 0 Å². The van der Waals surface area contributed by atoms with Gasteiger partial charge in [0.05, 0.1) is 11.5 Å². The standard InChI is InChI=1S/C15H17N/c1-12-5-2-3-6-13(12)15(11-16)9-14(10-15)7-4-8-14/h2-3,5-6H,4,7-10H2,1H3. The van der Waals surface area contributed by atoms with E-state index >= 15 is 0 Å². The van der Waals surface area contributed by atoms with E-state index in [1.165, 1.54) is 30.4 Å². The molecule has 1 aromatic rings. The van der Waals surface area contributed by atoms with Crippen LogP contribution in [0.3, 0.4) is 0 Å². The first-order valence-corrected chi connectivity index (χ1v) is 6.17. The highest BCUT2D eigenvalue weighted by atomic mass is 14.6. The number of nitrogens with zero attached hydrogens (tertiary/aromatic N) is 1. The Morgan fingerprint density at radius 2 is 1.88 bits per heavy atom. The van der Waals surface area contributed by atoms with Gasteiger partial charge in [0.2, 0.25) is 0 Å². The summed E-state index contributed by atoms with van der Waals surface area (Å²) in [4.78, 5) is 0. The van der Waals surface area contributed by atoms with E-state index in [1.54, 1.807) is 0 Å². The molecule has 16 heavy (non-hydrogen) atoms. The highest BCUT2D eigenvalue weighted by Crippen LogP contribution is 2.64. The third-order valence-electron chi connectivity index (χ3n) is 4.64. The Morgan fingerprint density at radius 1 is 1.19 bits per heavy atom. The molecule has 2 aliphatic carbocycles. The molecule has 1 heteroatoms. The summed E-state index contributed by atoms with van der Waals surface area (Å²) in [6, 6.07) is 11.0. The number of aryl methyl sites for hydroxylation is 1. The van der Waals surface area contributed by atoms with Crippen molar-refractivity contribution in [3.63, 3.8) is 0 Å². The first kappa shape index (κ1) is 9.90. The molecule has 2 aliphatic rings. The smallest absolute Gasteiger partial charge is 0.0835 e. The minimum absolute atomic E-state index is 0.161. The summed E-state index contributed by atoms with van der Waals surface area (Å²) in [6.45, 7) is 2.13. The van der Waals surface area contributed by atoms with E-state index in [0.717, 1.165) is 12.8 Å². The molecule has 2 fully saturated rings. The third-order valence-corrected chi connectivity index (χ3v) is 4.64. The maximum Gasteiger partial charge on any atom is 0.0835 e. The van der Waals surface area contributed by atoms with Crippen LogP contribution in [0, 0.1) is 23.7 Å². The zero-order chi connectivity index (χ0) is 11.2. The van der Waals surface area contributed by atoms with E-state index in [1.807, 2.05) is 0 Å². The van der Waals surface area contributed by atoms with Gasteiger partial charge in [0, 0.05) is 0 Å². The monoisotopic (exact) mass is 211 g/mol. The normalized spacial score (nSPS) is 24.2. The summed E-state index contributed by atoms with van der Waals surface area (Å²) in [5.41, 5.74) is 2.94. The quantitative estimate of drug-likeness (QED) is 0.694. The van der Waals surface area contributed by atoms with Crippen molar-refractivity contribution >= 4 is 0 Å². The summed E-state index contributed by atoms with van der Waals surface area (Å²) in [5.74, 6) is 0. The van der Waals surface area contributed by atoms with Gasteiger partial charge in [0.1, 0.15) is 0 Å². The number of benzene rings is 1. The molecule has 0 unspecified atom stereocenters. The number of hydrogen-bond donors (Lipinski definition) is 0.